The number of halogens is 4. The predicted octanol–water partition coefficient (Wildman–Crippen LogP) is 2.97. The fourth-order valence-electron chi connectivity index (χ4n) is 1.72. The number of alkyl halides is 3. The molecule has 0 aliphatic rings. The number of aromatic nitrogens is 2. The molecule has 0 amide bonds. The average Bonchev–Trinajstić information content (AvgIpc) is 2.42. The fraction of sp³-hybridized carbons (Fsp3) is 0.231. The Hall–Kier alpha value is -2.02. The lowest BCUT2D eigenvalue weighted by molar-refractivity contribution is -0.139. The van der Waals surface area contributed by atoms with Crippen LogP contribution in [-0.2, 0) is 12.7 Å². The molecule has 0 spiro atoms. The van der Waals surface area contributed by atoms with E-state index in [4.69, 9.17) is 16.3 Å². The monoisotopic (exact) mass is 318 g/mol. The van der Waals surface area contributed by atoms with Gasteiger partial charge in [0.15, 0.2) is 5.15 Å². The molecular weight excluding hydrogens is 309 g/mol. The topological polar surface area (TPSA) is 44.1 Å². The Kier molecular flexibility index (Phi) is 4.22. The highest BCUT2D eigenvalue weighted by Crippen LogP contribution is 2.27. The Labute approximate surface area is 122 Å². The zero-order valence-corrected chi connectivity index (χ0v) is 11.6. The number of hydrogen-bond acceptors (Lipinski definition) is 3. The molecule has 1 heterocycles. The molecule has 112 valence electrons. The van der Waals surface area contributed by atoms with E-state index in [0.717, 1.165) is 0 Å². The smallest absolute Gasteiger partial charge is 0.421 e. The van der Waals surface area contributed by atoms with Crippen molar-refractivity contribution >= 4 is 11.6 Å². The largest absolute Gasteiger partial charge is 0.497 e. The van der Waals surface area contributed by atoms with Crippen molar-refractivity contribution in [2.24, 2.45) is 0 Å². The number of rotatable bonds is 3. The molecule has 0 bridgehead atoms. The zero-order valence-electron chi connectivity index (χ0n) is 10.8. The van der Waals surface area contributed by atoms with Gasteiger partial charge in [0.2, 0.25) is 0 Å². The summed E-state index contributed by atoms with van der Waals surface area (Å²) < 4.78 is 43.8. The van der Waals surface area contributed by atoms with Gasteiger partial charge < -0.3 is 4.74 Å². The van der Waals surface area contributed by atoms with Crippen LogP contribution in [-0.4, -0.2) is 16.9 Å². The Bertz CT molecular complexity index is 696. The Balaban J connectivity index is 2.40. The molecule has 21 heavy (non-hydrogen) atoms. The maximum atomic E-state index is 12.7. The van der Waals surface area contributed by atoms with E-state index in [0.29, 0.717) is 22.1 Å². The SMILES string of the molecule is COc1ccc(Cn2nc(Cl)cc(C(F)(F)F)c2=O)cc1. The summed E-state index contributed by atoms with van der Waals surface area (Å²) in [4.78, 5) is 11.8. The maximum Gasteiger partial charge on any atom is 0.421 e. The van der Waals surface area contributed by atoms with Crippen LogP contribution in [0.5, 0.6) is 5.75 Å². The highest BCUT2D eigenvalue weighted by Gasteiger charge is 2.35. The van der Waals surface area contributed by atoms with Crippen LogP contribution in [0, 0.1) is 0 Å². The minimum Gasteiger partial charge on any atom is -0.497 e. The third kappa shape index (κ3) is 3.55. The summed E-state index contributed by atoms with van der Waals surface area (Å²) in [7, 11) is 1.49. The van der Waals surface area contributed by atoms with E-state index < -0.39 is 22.5 Å². The summed E-state index contributed by atoms with van der Waals surface area (Å²) in [5, 5.41) is 3.23. The summed E-state index contributed by atoms with van der Waals surface area (Å²) >= 11 is 5.55. The van der Waals surface area contributed by atoms with Crippen molar-refractivity contribution in [1.82, 2.24) is 9.78 Å². The quantitative estimate of drug-likeness (QED) is 0.874. The summed E-state index contributed by atoms with van der Waals surface area (Å²) in [6.07, 6.45) is -4.77. The lowest BCUT2D eigenvalue weighted by Gasteiger charge is -2.10. The van der Waals surface area contributed by atoms with Crippen molar-refractivity contribution in [3.8, 4) is 5.75 Å². The van der Waals surface area contributed by atoms with Crippen LogP contribution in [0.2, 0.25) is 5.15 Å². The minimum atomic E-state index is -4.77. The first-order chi connectivity index (χ1) is 9.81. The van der Waals surface area contributed by atoms with Crippen LogP contribution in [0.15, 0.2) is 35.1 Å². The number of hydrogen-bond donors (Lipinski definition) is 0. The van der Waals surface area contributed by atoms with Crippen molar-refractivity contribution in [2.75, 3.05) is 7.11 Å². The molecule has 0 atom stereocenters. The number of methoxy groups -OCH3 is 1. The Morgan fingerprint density at radius 1 is 1.29 bits per heavy atom. The van der Waals surface area contributed by atoms with Crippen molar-refractivity contribution < 1.29 is 17.9 Å². The third-order valence-corrected chi connectivity index (χ3v) is 2.93. The molecule has 0 fully saturated rings. The second-order valence-electron chi connectivity index (χ2n) is 4.19. The lowest BCUT2D eigenvalue weighted by Crippen LogP contribution is -2.30. The standard InChI is InChI=1S/C13H10ClF3N2O2/c1-21-9-4-2-8(3-5-9)7-19-12(20)10(13(15,16)17)6-11(14)18-19/h2-6H,7H2,1H3. The molecule has 4 nitrogen and oxygen atoms in total. The predicted molar refractivity (Wildman–Crippen MR) is 70.6 cm³/mol. The number of nitrogens with zero attached hydrogens (tertiary/aromatic N) is 2. The lowest BCUT2D eigenvalue weighted by atomic mass is 10.2. The Morgan fingerprint density at radius 3 is 2.43 bits per heavy atom. The molecule has 0 N–H and O–H groups in total. The summed E-state index contributed by atoms with van der Waals surface area (Å²) in [6, 6.07) is 7.04. The fourth-order valence-corrected chi connectivity index (χ4v) is 1.92. The normalized spacial score (nSPS) is 11.5. The molecule has 8 heteroatoms. The van der Waals surface area contributed by atoms with E-state index >= 15 is 0 Å². The molecular formula is C13H10ClF3N2O2. The van der Waals surface area contributed by atoms with E-state index in [1.807, 2.05) is 0 Å². The highest BCUT2D eigenvalue weighted by molar-refractivity contribution is 6.29. The molecule has 0 saturated carbocycles. The van der Waals surface area contributed by atoms with Crippen LogP contribution >= 0.6 is 11.6 Å². The van der Waals surface area contributed by atoms with Gasteiger partial charge in [-0.15, -0.1) is 0 Å². The third-order valence-electron chi connectivity index (χ3n) is 2.74. The van der Waals surface area contributed by atoms with Gasteiger partial charge in [0.05, 0.1) is 13.7 Å². The van der Waals surface area contributed by atoms with Crippen LogP contribution in [0.3, 0.4) is 0 Å². The molecule has 1 aromatic carbocycles. The van der Waals surface area contributed by atoms with Gasteiger partial charge in [-0.25, -0.2) is 4.68 Å². The van der Waals surface area contributed by atoms with Crippen molar-refractivity contribution in [2.45, 2.75) is 12.7 Å². The first-order valence-corrected chi connectivity index (χ1v) is 6.17. The molecule has 2 aromatic rings. The van der Waals surface area contributed by atoms with Gasteiger partial charge in [0.1, 0.15) is 11.3 Å². The molecule has 0 radical (unpaired) electrons. The minimum absolute atomic E-state index is 0.119. The zero-order chi connectivity index (χ0) is 15.6. The molecule has 0 aliphatic heterocycles. The molecule has 0 aliphatic carbocycles. The van der Waals surface area contributed by atoms with Gasteiger partial charge >= 0.3 is 6.18 Å². The van der Waals surface area contributed by atoms with Gasteiger partial charge in [0.25, 0.3) is 5.56 Å². The summed E-state index contributed by atoms with van der Waals surface area (Å²) in [5.41, 5.74) is -1.97. The van der Waals surface area contributed by atoms with Gasteiger partial charge in [-0.3, -0.25) is 4.79 Å². The van der Waals surface area contributed by atoms with E-state index in [1.54, 1.807) is 24.3 Å². The van der Waals surface area contributed by atoms with Gasteiger partial charge in [-0.2, -0.15) is 18.3 Å². The van der Waals surface area contributed by atoms with E-state index in [-0.39, 0.29) is 6.54 Å². The molecule has 2 rings (SSSR count). The first kappa shape index (κ1) is 15.4. The number of ether oxygens (including phenoxy) is 1. The van der Waals surface area contributed by atoms with Crippen molar-refractivity contribution in [1.29, 1.82) is 0 Å². The first-order valence-electron chi connectivity index (χ1n) is 5.79. The van der Waals surface area contributed by atoms with Crippen LogP contribution < -0.4 is 10.3 Å². The van der Waals surface area contributed by atoms with Gasteiger partial charge in [-0.1, -0.05) is 23.7 Å². The molecule has 1 aromatic heterocycles. The molecule has 0 unspecified atom stereocenters. The van der Waals surface area contributed by atoms with Crippen LogP contribution in [0.1, 0.15) is 11.1 Å². The second-order valence-corrected chi connectivity index (χ2v) is 4.58. The average molecular weight is 319 g/mol. The maximum absolute atomic E-state index is 12.7. The van der Waals surface area contributed by atoms with Crippen molar-refractivity contribution in [3.63, 3.8) is 0 Å². The van der Waals surface area contributed by atoms with Gasteiger partial charge in [-0.05, 0) is 23.8 Å². The second kappa shape index (κ2) is 5.77. The Morgan fingerprint density at radius 2 is 1.90 bits per heavy atom. The van der Waals surface area contributed by atoms with Crippen molar-refractivity contribution in [3.05, 3.63) is 57.0 Å². The summed E-state index contributed by atoms with van der Waals surface area (Å²) in [6.45, 7) is -0.119. The van der Waals surface area contributed by atoms with Crippen LogP contribution in [0.25, 0.3) is 0 Å². The summed E-state index contributed by atoms with van der Waals surface area (Å²) in [5.74, 6) is 0.598. The highest BCUT2D eigenvalue weighted by atomic mass is 35.5. The van der Waals surface area contributed by atoms with E-state index in [9.17, 15) is 18.0 Å². The molecule has 0 saturated heterocycles. The number of benzene rings is 1. The van der Waals surface area contributed by atoms with Crippen LogP contribution in [0.4, 0.5) is 13.2 Å². The van der Waals surface area contributed by atoms with E-state index in [1.165, 1.54) is 7.11 Å². The van der Waals surface area contributed by atoms with Gasteiger partial charge in [0, 0.05) is 0 Å². The van der Waals surface area contributed by atoms with E-state index in [2.05, 4.69) is 5.10 Å².